The van der Waals surface area contributed by atoms with Gasteiger partial charge in [0.15, 0.2) is 0 Å². The lowest BCUT2D eigenvalue weighted by Gasteiger charge is -2.15. The maximum atomic E-state index is 12.9. The molecule has 0 saturated heterocycles. The maximum Gasteiger partial charge on any atom is 0.240 e. The molecule has 0 aliphatic carbocycles. The van der Waals surface area contributed by atoms with Gasteiger partial charge in [0.25, 0.3) is 0 Å². The average molecular weight is 300 g/mol. The number of halogens is 1. The van der Waals surface area contributed by atoms with Gasteiger partial charge in [0, 0.05) is 6.42 Å². The molecule has 0 saturated carbocycles. The fourth-order valence-corrected chi connectivity index (χ4v) is 2.11. The highest BCUT2D eigenvalue weighted by molar-refractivity contribution is 5.87. The van der Waals surface area contributed by atoms with Gasteiger partial charge in [-0.1, -0.05) is 42.5 Å². The van der Waals surface area contributed by atoms with Crippen molar-refractivity contribution < 1.29 is 14.0 Å². The Morgan fingerprint density at radius 3 is 2.23 bits per heavy atom. The number of carbonyl (C=O) groups excluding carboxylic acids is 2. The molecule has 5 heteroatoms. The van der Waals surface area contributed by atoms with E-state index in [-0.39, 0.29) is 24.6 Å². The lowest BCUT2D eigenvalue weighted by Crippen LogP contribution is -2.46. The molecule has 22 heavy (non-hydrogen) atoms. The summed E-state index contributed by atoms with van der Waals surface area (Å²) in [6, 6.07) is 14.1. The summed E-state index contributed by atoms with van der Waals surface area (Å²) < 4.78 is 12.9. The van der Waals surface area contributed by atoms with E-state index in [1.165, 1.54) is 12.1 Å². The molecule has 0 aliphatic heterocycles. The van der Waals surface area contributed by atoms with Crippen LogP contribution in [-0.2, 0) is 22.4 Å². The largest absolute Gasteiger partial charge is 0.368 e. The first-order valence-corrected chi connectivity index (χ1v) is 6.91. The van der Waals surface area contributed by atoms with E-state index in [2.05, 4.69) is 5.32 Å². The van der Waals surface area contributed by atoms with Crippen LogP contribution in [0.25, 0.3) is 0 Å². The van der Waals surface area contributed by atoms with Crippen molar-refractivity contribution in [2.75, 3.05) is 0 Å². The zero-order chi connectivity index (χ0) is 15.9. The van der Waals surface area contributed by atoms with Crippen LogP contribution in [0.3, 0.4) is 0 Å². The zero-order valence-electron chi connectivity index (χ0n) is 12.0. The minimum Gasteiger partial charge on any atom is -0.368 e. The van der Waals surface area contributed by atoms with Crippen LogP contribution in [0.2, 0.25) is 0 Å². The molecule has 0 fully saturated rings. The Kier molecular flexibility index (Phi) is 5.25. The van der Waals surface area contributed by atoms with E-state index in [0.29, 0.717) is 0 Å². The highest BCUT2D eigenvalue weighted by Crippen LogP contribution is 2.06. The van der Waals surface area contributed by atoms with Crippen LogP contribution >= 0.6 is 0 Å². The molecule has 0 aliphatic rings. The van der Waals surface area contributed by atoms with Crippen molar-refractivity contribution in [2.24, 2.45) is 5.73 Å². The van der Waals surface area contributed by atoms with Crippen molar-refractivity contribution in [3.63, 3.8) is 0 Å². The molecular formula is C17H17FN2O2. The van der Waals surface area contributed by atoms with Gasteiger partial charge in [-0.15, -0.1) is 0 Å². The number of carbonyl (C=O) groups is 2. The molecule has 0 spiro atoms. The van der Waals surface area contributed by atoms with Crippen LogP contribution in [0, 0.1) is 5.82 Å². The SMILES string of the molecule is NC(=O)[C@H](Cc1ccc(F)cc1)NC(=O)Cc1ccccc1. The molecule has 0 unspecified atom stereocenters. The molecule has 0 aromatic heterocycles. The van der Waals surface area contributed by atoms with Crippen molar-refractivity contribution in [3.8, 4) is 0 Å². The second kappa shape index (κ2) is 7.36. The van der Waals surface area contributed by atoms with Crippen LogP contribution in [-0.4, -0.2) is 17.9 Å². The fourth-order valence-electron chi connectivity index (χ4n) is 2.11. The van der Waals surface area contributed by atoms with E-state index in [1.807, 2.05) is 30.3 Å². The Morgan fingerprint density at radius 2 is 1.64 bits per heavy atom. The van der Waals surface area contributed by atoms with Gasteiger partial charge in [-0.3, -0.25) is 9.59 Å². The quantitative estimate of drug-likeness (QED) is 0.850. The van der Waals surface area contributed by atoms with Gasteiger partial charge < -0.3 is 11.1 Å². The summed E-state index contributed by atoms with van der Waals surface area (Å²) in [7, 11) is 0. The van der Waals surface area contributed by atoms with E-state index < -0.39 is 11.9 Å². The highest BCUT2D eigenvalue weighted by atomic mass is 19.1. The second-order valence-electron chi connectivity index (χ2n) is 5.02. The minimum absolute atomic E-state index is 0.175. The monoisotopic (exact) mass is 300 g/mol. The van der Waals surface area contributed by atoms with Crippen molar-refractivity contribution >= 4 is 11.8 Å². The molecule has 114 valence electrons. The summed E-state index contributed by atoms with van der Waals surface area (Å²) >= 11 is 0. The predicted octanol–water partition coefficient (Wildman–Crippen LogP) is 1.58. The predicted molar refractivity (Wildman–Crippen MR) is 81.4 cm³/mol. The summed E-state index contributed by atoms with van der Waals surface area (Å²) in [4.78, 5) is 23.5. The van der Waals surface area contributed by atoms with E-state index in [0.717, 1.165) is 11.1 Å². The van der Waals surface area contributed by atoms with Crippen LogP contribution in [0.5, 0.6) is 0 Å². The first-order valence-electron chi connectivity index (χ1n) is 6.91. The van der Waals surface area contributed by atoms with Crippen LogP contribution < -0.4 is 11.1 Å². The van der Waals surface area contributed by atoms with E-state index in [4.69, 9.17) is 5.73 Å². The zero-order valence-corrected chi connectivity index (χ0v) is 12.0. The number of hydrogen-bond donors (Lipinski definition) is 2. The molecule has 3 N–H and O–H groups in total. The van der Waals surface area contributed by atoms with E-state index in [9.17, 15) is 14.0 Å². The highest BCUT2D eigenvalue weighted by Gasteiger charge is 2.18. The summed E-state index contributed by atoms with van der Waals surface area (Å²) in [6.07, 6.45) is 0.407. The van der Waals surface area contributed by atoms with Gasteiger partial charge in [0.2, 0.25) is 11.8 Å². The number of nitrogens with two attached hydrogens (primary N) is 1. The van der Waals surface area contributed by atoms with Crippen LogP contribution in [0.1, 0.15) is 11.1 Å². The summed E-state index contributed by atoms with van der Waals surface area (Å²) in [5.41, 5.74) is 6.91. The van der Waals surface area contributed by atoms with E-state index >= 15 is 0 Å². The summed E-state index contributed by atoms with van der Waals surface area (Å²) in [5.74, 6) is -1.25. The molecule has 0 bridgehead atoms. The van der Waals surface area contributed by atoms with Crippen LogP contribution in [0.4, 0.5) is 4.39 Å². The molecule has 4 nitrogen and oxygen atoms in total. The summed E-state index contributed by atoms with van der Waals surface area (Å²) in [5, 5.41) is 2.62. The molecule has 2 aromatic carbocycles. The van der Waals surface area contributed by atoms with Gasteiger partial charge in [-0.05, 0) is 23.3 Å². The number of benzene rings is 2. The number of nitrogens with one attached hydrogen (secondary N) is 1. The third kappa shape index (κ3) is 4.70. The Morgan fingerprint density at radius 1 is 1.00 bits per heavy atom. The third-order valence-electron chi connectivity index (χ3n) is 3.24. The summed E-state index contributed by atoms with van der Waals surface area (Å²) in [6.45, 7) is 0. The minimum atomic E-state index is -0.818. The standard InChI is InChI=1S/C17H17FN2O2/c18-14-8-6-13(7-9-14)10-15(17(19)22)20-16(21)11-12-4-2-1-3-5-12/h1-9,15H,10-11H2,(H2,19,22)(H,20,21)/t15-/m0/s1. The number of hydrogen-bond acceptors (Lipinski definition) is 2. The molecule has 0 heterocycles. The first kappa shape index (κ1) is 15.7. The third-order valence-corrected chi connectivity index (χ3v) is 3.24. The van der Waals surface area contributed by atoms with Gasteiger partial charge in [-0.2, -0.15) is 0 Å². The molecule has 2 aromatic rings. The molecular weight excluding hydrogens is 283 g/mol. The Labute approximate surface area is 128 Å². The lowest BCUT2D eigenvalue weighted by atomic mass is 10.0. The van der Waals surface area contributed by atoms with Crippen molar-refractivity contribution in [1.29, 1.82) is 0 Å². The normalized spacial score (nSPS) is 11.7. The van der Waals surface area contributed by atoms with Gasteiger partial charge in [0.05, 0.1) is 6.42 Å². The maximum absolute atomic E-state index is 12.9. The molecule has 2 amide bonds. The molecule has 2 rings (SSSR count). The smallest absolute Gasteiger partial charge is 0.240 e. The molecule has 1 atom stereocenters. The Bertz CT molecular complexity index is 641. The Hall–Kier alpha value is -2.69. The number of primary amides is 1. The van der Waals surface area contributed by atoms with Gasteiger partial charge >= 0.3 is 0 Å². The van der Waals surface area contributed by atoms with Gasteiger partial charge in [0.1, 0.15) is 11.9 Å². The van der Waals surface area contributed by atoms with Crippen molar-refractivity contribution in [2.45, 2.75) is 18.9 Å². The fraction of sp³-hybridized carbons (Fsp3) is 0.176. The van der Waals surface area contributed by atoms with Crippen LogP contribution in [0.15, 0.2) is 54.6 Å². The van der Waals surface area contributed by atoms with Crippen molar-refractivity contribution in [3.05, 3.63) is 71.5 Å². The number of rotatable bonds is 6. The van der Waals surface area contributed by atoms with E-state index in [1.54, 1.807) is 12.1 Å². The lowest BCUT2D eigenvalue weighted by molar-refractivity contribution is -0.127. The van der Waals surface area contributed by atoms with Crippen molar-refractivity contribution in [1.82, 2.24) is 5.32 Å². The molecule has 0 radical (unpaired) electrons. The Balaban J connectivity index is 1.98. The topological polar surface area (TPSA) is 72.2 Å². The van der Waals surface area contributed by atoms with Gasteiger partial charge in [-0.25, -0.2) is 4.39 Å². The second-order valence-corrected chi connectivity index (χ2v) is 5.02. The number of amides is 2. The average Bonchev–Trinajstić information content (AvgIpc) is 2.49. The first-order chi connectivity index (χ1) is 10.5.